The number of carbonyl (C=O) groups excluding carboxylic acids is 1. The van der Waals surface area contributed by atoms with E-state index in [-0.39, 0.29) is 17.6 Å². The van der Waals surface area contributed by atoms with Crippen molar-refractivity contribution in [3.8, 4) is 0 Å². The van der Waals surface area contributed by atoms with Crippen LogP contribution in [0.2, 0.25) is 0 Å². The molecule has 1 fully saturated rings. The number of anilines is 1. The maximum Gasteiger partial charge on any atom is 0.225 e. The SMILES string of the molecule is CC(CCCN)C(=O)N1CCN(c2ccc(F)cc2)CC1. The highest BCUT2D eigenvalue weighted by atomic mass is 19.1. The summed E-state index contributed by atoms with van der Waals surface area (Å²) in [6.45, 7) is 5.65. The molecule has 116 valence electrons. The lowest BCUT2D eigenvalue weighted by Crippen LogP contribution is -2.50. The quantitative estimate of drug-likeness (QED) is 0.901. The Morgan fingerprint density at radius 3 is 2.43 bits per heavy atom. The Morgan fingerprint density at radius 2 is 1.86 bits per heavy atom. The Hall–Kier alpha value is -1.62. The van der Waals surface area contributed by atoms with Crippen LogP contribution in [-0.4, -0.2) is 43.5 Å². The molecule has 1 unspecified atom stereocenters. The van der Waals surface area contributed by atoms with Gasteiger partial charge in [-0.15, -0.1) is 0 Å². The van der Waals surface area contributed by atoms with Crippen molar-refractivity contribution in [3.63, 3.8) is 0 Å². The van der Waals surface area contributed by atoms with E-state index in [9.17, 15) is 9.18 Å². The van der Waals surface area contributed by atoms with Gasteiger partial charge in [-0.3, -0.25) is 4.79 Å². The molecule has 0 saturated carbocycles. The van der Waals surface area contributed by atoms with Crippen LogP contribution in [0.4, 0.5) is 10.1 Å². The zero-order valence-electron chi connectivity index (χ0n) is 12.6. The fourth-order valence-electron chi connectivity index (χ4n) is 2.70. The van der Waals surface area contributed by atoms with Crippen LogP contribution in [0.1, 0.15) is 19.8 Å². The topological polar surface area (TPSA) is 49.6 Å². The Balaban J connectivity index is 1.85. The smallest absolute Gasteiger partial charge is 0.225 e. The average molecular weight is 293 g/mol. The molecule has 1 heterocycles. The van der Waals surface area contributed by atoms with E-state index in [1.165, 1.54) is 12.1 Å². The van der Waals surface area contributed by atoms with E-state index in [2.05, 4.69) is 4.90 Å². The van der Waals surface area contributed by atoms with E-state index < -0.39 is 0 Å². The summed E-state index contributed by atoms with van der Waals surface area (Å²) in [4.78, 5) is 16.4. The van der Waals surface area contributed by atoms with Crippen molar-refractivity contribution in [3.05, 3.63) is 30.1 Å². The summed E-state index contributed by atoms with van der Waals surface area (Å²) in [5.41, 5.74) is 6.50. The third-order valence-corrected chi connectivity index (χ3v) is 4.05. The lowest BCUT2D eigenvalue weighted by Gasteiger charge is -2.37. The third-order valence-electron chi connectivity index (χ3n) is 4.05. The van der Waals surface area contributed by atoms with Gasteiger partial charge in [-0.05, 0) is 43.7 Å². The van der Waals surface area contributed by atoms with Gasteiger partial charge in [0.05, 0.1) is 0 Å². The van der Waals surface area contributed by atoms with Gasteiger partial charge in [0.2, 0.25) is 5.91 Å². The van der Waals surface area contributed by atoms with Gasteiger partial charge >= 0.3 is 0 Å². The first-order valence-electron chi connectivity index (χ1n) is 7.61. The molecule has 21 heavy (non-hydrogen) atoms. The minimum absolute atomic E-state index is 0.0471. The van der Waals surface area contributed by atoms with Crippen LogP contribution in [-0.2, 0) is 4.79 Å². The number of benzene rings is 1. The van der Waals surface area contributed by atoms with Crippen LogP contribution in [0.15, 0.2) is 24.3 Å². The summed E-state index contributed by atoms with van der Waals surface area (Å²) in [6.07, 6.45) is 1.75. The largest absolute Gasteiger partial charge is 0.368 e. The number of nitrogens with zero attached hydrogens (tertiary/aromatic N) is 2. The second kappa shape index (κ2) is 7.41. The molecule has 1 amide bonds. The number of hydrogen-bond donors (Lipinski definition) is 1. The summed E-state index contributed by atoms with van der Waals surface area (Å²) in [5.74, 6) is 0.0504. The molecule has 1 atom stereocenters. The Kier molecular flexibility index (Phi) is 5.56. The molecule has 1 aromatic carbocycles. The zero-order chi connectivity index (χ0) is 15.2. The highest BCUT2D eigenvalue weighted by molar-refractivity contribution is 5.78. The summed E-state index contributed by atoms with van der Waals surface area (Å²) < 4.78 is 12.9. The Morgan fingerprint density at radius 1 is 1.24 bits per heavy atom. The Bertz CT molecular complexity index is 455. The normalized spacial score (nSPS) is 16.9. The standard InChI is InChI=1S/C16H24FN3O/c1-13(3-2-8-18)16(21)20-11-9-19(10-12-20)15-6-4-14(17)5-7-15/h4-7,13H,2-3,8-12,18H2,1H3. The van der Waals surface area contributed by atoms with Crippen LogP contribution in [0.25, 0.3) is 0 Å². The van der Waals surface area contributed by atoms with Gasteiger partial charge in [0, 0.05) is 37.8 Å². The number of rotatable bonds is 5. The van der Waals surface area contributed by atoms with E-state index in [0.717, 1.165) is 44.7 Å². The van der Waals surface area contributed by atoms with Crippen molar-refractivity contribution in [1.82, 2.24) is 4.90 Å². The predicted octanol–water partition coefficient (Wildman–Crippen LogP) is 1.85. The Labute approximate surface area is 125 Å². The first kappa shape index (κ1) is 15.8. The third kappa shape index (κ3) is 4.17. The number of halogens is 1. The molecule has 1 saturated heterocycles. The maximum atomic E-state index is 12.9. The summed E-state index contributed by atoms with van der Waals surface area (Å²) in [7, 11) is 0. The second-order valence-corrected chi connectivity index (χ2v) is 5.62. The van der Waals surface area contributed by atoms with Crippen molar-refractivity contribution < 1.29 is 9.18 Å². The van der Waals surface area contributed by atoms with Gasteiger partial charge in [-0.2, -0.15) is 0 Å². The maximum absolute atomic E-state index is 12.9. The average Bonchev–Trinajstić information content (AvgIpc) is 2.53. The fourth-order valence-corrected chi connectivity index (χ4v) is 2.70. The predicted molar refractivity (Wildman–Crippen MR) is 82.6 cm³/mol. The molecule has 2 rings (SSSR count). The lowest BCUT2D eigenvalue weighted by molar-refractivity contribution is -0.135. The van der Waals surface area contributed by atoms with Gasteiger partial charge in [-0.1, -0.05) is 6.92 Å². The number of nitrogens with two attached hydrogens (primary N) is 1. The molecule has 0 spiro atoms. The zero-order valence-corrected chi connectivity index (χ0v) is 12.6. The summed E-state index contributed by atoms with van der Waals surface area (Å²) in [5, 5.41) is 0. The number of piperazine rings is 1. The lowest BCUT2D eigenvalue weighted by atomic mass is 10.0. The molecular weight excluding hydrogens is 269 g/mol. The van der Waals surface area contributed by atoms with Crippen molar-refractivity contribution in [1.29, 1.82) is 0 Å². The minimum atomic E-state index is -0.221. The summed E-state index contributed by atoms with van der Waals surface area (Å²) in [6, 6.07) is 6.52. The van der Waals surface area contributed by atoms with Crippen molar-refractivity contribution in [2.45, 2.75) is 19.8 Å². The van der Waals surface area contributed by atoms with E-state index in [1.807, 2.05) is 11.8 Å². The monoisotopic (exact) mass is 293 g/mol. The molecule has 5 heteroatoms. The van der Waals surface area contributed by atoms with Gasteiger partial charge < -0.3 is 15.5 Å². The van der Waals surface area contributed by atoms with Crippen LogP contribution in [0.5, 0.6) is 0 Å². The van der Waals surface area contributed by atoms with Crippen molar-refractivity contribution in [2.75, 3.05) is 37.6 Å². The van der Waals surface area contributed by atoms with Crippen LogP contribution >= 0.6 is 0 Å². The molecule has 1 aromatic rings. The van der Waals surface area contributed by atoms with Crippen LogP contribution in [0, 0.1) is 11.7 Å². The van der Waals surface area contributed by atoms with Gasteiger partial charge in [-0.25, -0.2) is 4.39 Å². The first-order chi connectivity index (χ1) is 10.1. The van der Waals surface area contributed by atoms with E-state index >= 15 is 0 Å². The number of carbonyl (C=O) groups is 1. The molecule has 0 aromatic heterocycles. The highest BCUT2D eigenvalue weighted by Gasteiger charge is 2.24. The minimum Gasteiger partial charge on any atom is -0.368 e. The first-order valence-corrected chi connectivity index (χ1v) is 7.61. The van der Waals surface area contributed by atoms with Crippen LogP contribution < -0.4 is 10.6 Å². The molecule has 1 aliphatic rings. The fraction of sp³-hybridized carbons (Fsp3) is 0.562. The molecule has 1 aliphatic heterocycles. The van der Waals surface area contributed by atoms with Gasteiger partial charge in [0.25, 0.3) is 0 Å². The van der Waals surface area contributed by atoms with E-state index in [4.69, 9.17) is 5.73 Å². The van der Waals surface area contributed by atoms with Gasteiger partial charge in [0.15, 0.2) is 0 Å². The summed E-state index contributed by atoms with van der Waals surface area (Å²) >= 11 is 0. The molecular formula is C16H24FN3O. The number of amides is 1. The molecule has 2 N–H and O–H groups in total. The molecule has 0 bridgehead atoms. The molecule has 0 aliphatic carbocycles. The van der Waals surface area contributed by atoms with E-state index in [1.54, 1.807) is 12.1 Å². The van der Waals surface area contributed by atoms with Gasteiger partial charge in [0.1, 0.15) is 5.82 Å². The van der Waals surface area contributed by atoms with Crippen molar-refractivity contribution >= 4 is 11.6 Å². The number of hydrogen-bond acceptors (Lipinski definition) is 3. The van der Waals surface area contributed by atoms with Crippen LogP contribution in [0.3, 0.4) is 0 Å². The van der Waals surface area contributed by atoms with Crippen molar-refractivity contribution in [2.24, 2.45) is 11.7 Å². The molecule has 4 nitrogen and oxygen atoms in total. The highest BCUT2D eigenvalue weighted by Crippen LogP contribution is 2.18. The van der Waals surface area contributed by atoms with E-state index in [0.29, 0.717) is 6.54 Å². The molecule has 0 radical (unpaired) electrons. The second-order valence-electron chi connectivity index (χ2n) is 5.62.